The number of nitrogens with zero attached hydrogens (tertiary/aromatic N) is 3. The number of benzene rings is 2. The van der Waals surface area contributed by atoms with Crippen LogP contribution in [0.4, 0.5) is 5.00 Å². The zero-order valence-corrected chi connectivity index (χ0v) is 23.7. The van der Waals surface area contributed by atoms with Gasteiger partial charge in [0.1, 0.15) is 16.3 Å². The first-order chi connectivity index (χ1) is 18.3. The average Bonchev–Trinajstić information content (AvgIpc) is 3.47. The zero-order chi connectivity index (χ0) is 27.2. The summed E-state index contributed by atoms with van der Waals surface area (Å²) < 4.78 is 12.9. The van der Waals surface area contributed by atoms with Crippen LogP contribution >= 0.6 is 34.7 Å². The monoisotopic (exact) mass is 570 g/mol. The highest BCUT2D eigenvalue weighted by Crippen LogP contribution is 2.40. The zero-order valence-electron chi connectivity index (χ0n) is 21.4. The normalized spacial score (nSPS) is 11.7. The van der Waals surface area contributed by atoms with Crippen molar-refractivity contribution in [1.82, 2.24) is 14.8 Å². The van der Waals surface area contributed by atoms with Gasteiger partial charge < -0.3 is 19.4 Å². The molecule has 0 bridgehead atoms. The minimum Gasteiger partial charge on any atom is -0.483 e. The van der Waals surface area contributed by atoms with Gasteiger partial charge in [-0.15, -0.1) is 21.5 Å². The van der Waals surface area contributed by atoms with Crippen molar-refractivity contribution in [3.63, 3.8) is 0 Å². The molecule has 8 nitrogen and oxygen atoms in total. The second-order valence-corrected chi connectivity index (χ2v) is 10.8. The van der Waals surface area contributed by atoms with E-state index in [-0.39, 0.29) is 17.8 Å². The van der Waals surface area contributed by atoms with Crippen molar-refractivity contribution >= 4 is 51.6 Å². The van der Waals surface area contributed by atoms with E-state index < -0.39 is 5.97 Å². The average molecular weight is 571 g/mol. The number of methoxy groups -OCH3 is 1. The van der Waals surface area contributed by atoms with Crippen LogP contribution in [-0.2, 0) is 16.1 Å². The molecule has 2 aromatic heterocycles. The fourth-order valence-electron chi connectivity index (χ4n) is 3.98. The van der Waals surface area contributed by atoms with Crippen LogP contribution in [0.3, 0.4) is 0 Å². The highest BCUT2D eigenvalue weighted by molar-refractivity contribution is 7.99. The Labute approximate surface area is 234 Å². The standard InChI is InChI=1S/C27H27ClN4O4S2/c1-5-32-24(16(2)36-20-13-9-12-19(28)14-20)30-31-27(32)37-15-21(33)29-25-23(26(34)35-4)22(17(3)38-25)18-10-7-6-8-11-18/h6-14,16H,5,15H2,1-4H3,(H,29,33). The molecule has 4 aromatic rings. The largest absolute Gasteiger partial charge is 0.483 e. The third-order valence-corrected chi connectivity index (χ3v) is 7.88. The first-order valence-electron chi connectivity index (χ1n) is 11.9. The summed E-state index contributed by atoms with van der Waals surface area (Å²) in [5.74, 6) is 0.591. The Hall–Kier alpha value is -3.34. The fourth-order valence-corrected chi connectivity index (χ4v) is 6.05. The Kier molecular flexibility index (Phi) is 9.09. The van der Waals surface area contributed by atoms with Crippen molar-refractivity contribution in [3.05, 3.63) is 75.9 Å². The van der Waals surface area contributed by atoms with E-state index in [1.807, 2.05) is 67.8 Å². The van der Waals surface area contributed by atoms with Crippen LogP contribution in [0.1, 0.15) is 41.0 Å². The maximum Gasteiger partial charge on any atom is 0.341 e. The number of esters is 1. The Balaban J connectivity index is 1.48. The quantitative estimate of drug-likeness (QED) is 0.168. The number of rotatable bonds is 10. The van der Waals surface area contributed by atoms with Gasteiger partial charge in [-0.2, -0.15) is 0 Å². The number of hydrogen-bond acceptors (Lipinski definition) is 8. The Bertz CT molecular complexity index is 1440. The van der Waals surface area contributed by atoms with E-state index in [2.05, 4.69) is 15.5 Å². The first kappa shape index (κ1) is 27.7. The molecule has 1 amide bonds. The molecule has 198 valence electrons. The van der Waals surface area contributed by atoms with Crippen LogP contribution in [0.5, 0.6) is 5.75 Å². The number of amides is 1. The van der Waals surface area contributed by atoms with E-state index in [4.69, 9.17) is 21.1 Å². The van der Waals surface area contributed by atoms with Gasteiger partial charge in [0.15, 0.2) is 17.1 Å². The minimum atomic E-state index is -0.500. The third-order valence-electron chi connectivity index (χ3n) is 5.66. The lowest BCUT2D eigenvalue weighted by atomic mass is 10.0. The van der Waals surface area contributed by atoms with Gasteiger partial charge in [-0.1, -0.05) is 59.8 Å². The predicted octanol–water partition coefficient (Wildman–Crippen LogP) is 6.65. The Morgan fingerprint density at radius 1 is 1.16 bits per heavy atom. The molecule has 0 spiro atoms. The lowest BCUT2D eigenvalue weighted by molar-refractivity contribution is -0.113. The summed E-state index contributed by atoms with van der Waals surface area (Å²) >= 11 is 8.67. The molecular weight excluding hydrogens is 544 g/mol. The van der Waals surface area contributed by atoms with E-state index in [0.717, 1.165) is 16.0 Å². The van der Waals surface area contributed by atoms with Crippen LogP contribution in [0.15, 0.2) is 59.8 Å². The number of thioether (sulfide) groups is 1. The van der Waals surface area contributed by atoms with Crippen molar-refractivity contribution in [2.45, 2.75) is 38.6 Å². The molecule has 1 unspecified atom stereocenters. The minimum absolute atomic E-state index is 0.0832. The van der Waals surface area contributed by atoms with Crippen molar-refractivity contribution in [2.75, 3.05) is 18.2 Å². The van der Waals surface area contributed by atoms with Gasteiger partial charge in [0.2, 0.25) is 5.91 Å². The molecule has 0 aliphatic rings. The van der Waals surface area contributed by atoms with Crippen LogP contribution in [0, 0.1) is 6.92 Å². The van der Waals surface area contributed by atoms with E-state index >= 15 is 0 Å². The topological polar surface area (TPSA) is 95.3 Å². The summed E-state index contributed by atoms with van der Waals surface area (Å²) in [7, 11) is 1.33. The number of thiophene rings is 1. The summed E-state index contributed by atoms with van der Waals surface area (Å²) in [6.45, 7) is 6.38. The molecule has 0 fully saturated rings. The third kappa shape index (κ3) is 6.20. The molecule has 2 aromatic carbocycles. The number of ether oxygens (including phenoxy) is 2. The van der Waals surface area contributed by atoms with E-state index in [0.29, 0.717) is 38.9 Å². The smallest absolute Gasteiger partial charge is 0.341 e. The number of carbonyl (C=O) groups excluding carboxylic acids is 2. The van der Waals surface area contributed by atoms with Gasteiger partial charge in [-0.3, -0.25) is 4.79 Å². The van der Waals surface area contributed by atoms with E-state index in [9.17, 15) is 9.59 Å². The molecule has 0 saturated heterocycles. The molecule has 0 aliphatic heterocycles. The molecule has 4 rings (SSSR count). The van der Waals surface area contributed by atoms with Crippen LogP contribution in [-0.4, -0.2) is 39.5 Å². The van der Waals surface area contributed by atoms with Gasteiger partial charge in [0.25, 0.3) is 0 Å². The fraction of sp³-hybridized carbons (Fsp3) is 0.259. The number of nitrogens with one attached hydrogen (secondary N) is 1. The second kappa shape index (κ2) is 12.5. The van der Waals surface area contributed by atoms with Crippen molar-refractivity contribution in [2.24, 2.45) is 0 Å². The molecule has 1 atom stereocenters. The molecule has 0 saturated carbocycles. The van der Waals surface area contributed by atoms with Gasteiger partial charge >= 0.3 is 5.97 Å². The van der Waals surface area contributed by atoms with Gasteiger partial charge in [-0.05, 0) is 44.5 Å². The molecule has 0 radical (unpaired) electrons. The van der Waals surface area contributed by atoms with Gasteiger partial charge in [-0.25, -0.2) is 4.79 Å². The molecular formula is C27H27ClN4O4S2. The number of hydrogen-bond donors (Lipinski definition) is 1. The highest BCUT2D eigenvalue weighted by atomic mass is 35.5. The van der Waals surface area contributed by atoms with E-state index in [1.165, 1.54) is 30.2 Å². The molecule has 1 N–H and O–H groups in total. The molecule has 2 heterocycles. The van der Waals surface area contributed by atoms with Crippen LogP contribution in [0.25, 0.3) is 11.1 Å². The number of aromatic nitrogens is 3. The van der Waals surface area contributed by atoms with Crippen molar-refractivity contribution < 1.29 is 19.1 Å². The molecule has 38 heavy (non-hydrogen) atoms. The van der Waals surface area contributed by atoms with Gasteiger partial charge in [0, 0.05) is 22.0 Å². The second-order valence-electron chi connectivity index (χ2n) is 8.23. The lowest BCUT2D eigenvalue weighted by Crippen LogP contribution is -2.17. The van der Waals surface area contributed by atoms with Crippen LogP contribution in [0.2, 0.25) is 5.02 Å². The van der Waals surface area contributed by atoms with Gasteiger partial charge in [0.05, 0.1) is 12.9 Å². The highest BCUT2D eigenvalue weighted by Gasteiger charge is 2.25. The Morgan fingerprint density at radius 2 is 1.92 bits per heavy atom. The molecule has 0 aliphatic carbocycles. The Morgan fingerprint density at radius 3 is 2.61 bits per heavy atom. The van der Waals surface area contributed by atoms with Crippen molar-refractivity contribution in [1.29, 1.82) is 0 Å². The summed E-state index contributed by atoms with van der Waals surface area (Å²) in [4.78, 5) is 26.5. The maximum atomic E-state index is 12.9. The van der Waals surface area contributed by atoms with Crippen molar-refractivity contribution in [3.8, 4) is 16.9 Å². The first-order valence-corrected chi connectivity index (χ1v) is 14.0. The number of carbonyl (C=O) groups is 2. The summed E-state index contributed by atoms with van der Waals surface area (Å²) in [6.07, 6.45) is -0.378. The SMILES string of the molecule is CCn1c(SCC(=O)Nc2sc(C)c(-c3ccccc3)c2C(=O)OC)nnc1C(C)Oc1cccc(Cl)c1. The lowest BCUT2D eigenvalue weighted by Gasteiger charge is -2.15. The summed E-state index contributed by atoms with van der Waals surface area (Å²) in [5, 5.41) is 13.1. The number of anilines is 1. The summed E-state index contributed by atoms with van der Waals surface area (Å²) in [5.41, 5.74) is 1.99. The summed E-state index contributed by atoms with van der Waals surface area (Å²) in [6, 6.07) is 16.7. The predicted molar refractivity (Wildman–Crippen MR) is 151 cm³/mol. The number of halogens is 1. The maximum absolute atomic E-state index is 12.9. The number of aryl methyl sites for hydroxylation is 1. The van der Waals surface area contributed by atoms with E-state index in [1.54, 1.807) is 12.1 Å². The molecule has 11 heteroatoms. The van der Waals surface area contributed by atoms with Crippen LogP contribution < -0.4 is 10.1 Å².